The number of carbonyl (C=O) groups excluding carboxylic acids is 1. The van der Waals surface area contributed by atoms with E-state index < -0.39 is 0 Å². The summed E-state index contributed by atoms with van der Waals surface area (Å²) in [6.45, 7) is 5.81. The third-order valence-electron chi connectivity index (χ3n) is 5.90. The summed E-state index contributed by atoms with van der Waals surface area (Å²) >= 11 is 0. The van der Waals surface area contributed by atoms with E-state index in [2.05, 4.69) is 26.0 Å². The number of hydrogen-bond acceptors (Lipinski definition) is 4. The second-order valence-corrected chi connectivity index (χ2v) is 7.38. The van der Waals surface area contributed by atoms with Crippen LogP contribution in [-0.4, -0.2) is 25.3 Å². The zero-order valence-electron chi connectivity index (χ0n) is 15.2. The average Bonchev–Trinajstić information content (AvgIpc) is 2.90. The van der Waals surface area contributed by atoms with E-state index in [1.165, 1.54) is 23.6 Å². The van der Waals surface area contributed by atoms with E-state index in [0.29, 0.717) is 0 Å². The smallest absolute Gasteiger partial charge is 0.302 e. The fourth-order valence-corrected chi connectivity index (χ4v) is 4.63. The number of rotatable bonds is 2. The van der Waals surface area contributed by atoms with Crippen LogP contribution in [0.1, 0.15) is 45.6 Å². The first-order valence-corrected chi connectivity index (χ1v) is 8.90. The lowest BCUT2D eigenvalue weighted by atomic mass is 9.66. The molecule has 1 aromatic rings. The van der Waals surface area contributed by atoms with Crippen molar-refractivity contribution in [2.24, 2.45) is 5.41 Å². The number of esters is 1. The van der Waals surface area contributed by atoms with Gasteiger partial charge in [-0.15, -0.1) is 0 Å². The second kappa shape index (κ2) is 5.65. The Morgan fingerprint density at radius 1 is 1.36 bits per heavy atom. The van der Waals surface area contributed by atoms with Crippen LogP contribution in [0.5, 0.6) is 11.5 Å². The minimum Gasteiger partial charge on any atom is -0.497 e. The van der Waals surface area contributed by atoms with Crippen molar-refractivity contribution in [2.75, 3.05) is 7.11 Å². The van der Waals surface area contributed by atoms with E-state index in [-0.39, 0.29) is 23.6 Å². The minimum atomic E-state index is -0.205. The molecule has 0 amide bonds. The van der Waals surface area contributed by atoms with Crippen LogP contribution in [0.2, 0.25) is 0 Å². The summed E-state index contributed by atoms with van der Waals surface area (Å²) in [7, 11) is 1.68. The van der Waals surface area contributed by atoms with Gasteiger partial charge in [0.15, 0.2) is 0 Å². The number of carbonyl (C=O) groups is 1. The minimum absolute atomic E-state index is 0.00199. The molecule has 1 aromatic carbocycles. The van der Waals surface area contributed by atoms with Gasteiger partial charge in [-0.2, -0.15) is 0 Å². The lowest BCUT2D eigenvalue weighted by Crippen LogP contribution is -2.39. The molecule has 3 aliphatic rings. The van der Waals surface area contributed by atoms with Crippen molar-refractivity contribution >= 4 is 11.5 Å². The highest BCUT2D eigenvalue weighted by Crippen LogP contribution is 2.57. The van der Waals surface area contributed by atoms with Gasteiger partial charge in [0.05, 0.1) is 7.11 Å². The lowest BCUT2D eigenvalue weighted by Gasteiger charge is -2.43. The van der Waals surface area contributed by atoms with Gasteiger partial charge in [-0.3, -0.25) is 4.79 Å². The molecular weight excluding hydrogens is 316 g/mol. The molecule has 0 fully saturated rings. The molecule has 0 N–H and O–H groups in total. The van der Waals surface area contributed by atoms with Crippen molar-refractivity contribution < 1.29 is 19.0 Å². The Balaban J connectivity index is 1.80. The molecule has 3 atom stereocenters. The molecule has 1 heterocycles. The van der Waals surface area contributed by atoms with E-state index >= 15 is 0 Å². The van der Waals surface area contributed by atoms with Crippen LogP contribution in [0.3, 0.4) is 0 Å². The highest BCUT2D eigenvalue weighted by Gasteiger charge is 2.49. The average molecular weight is 340 g/mol. The first kappa shape index (κ1) is 16.2. The van der Waals surface area contributed by atoms with Crippen molar-refractivity contribution in [3.63, 3.8) is 0 Å². The fraction of sp³-hybridized carbons (Fsp3) is 0.476. The first-order valence-electron chi connectivity index (χ1n) is 8.90. The van der Waals surface area contributed by atoms with Crippen LogP contribution in [0.4, 0.5) is 0 Å². The molecule has 0 bridgehead atoms. The molecule has 1 aliphatic heterocycles. The molecule has 0 saturated carbocycles. The summed E-state index contributed by atoms with van der Waals surface area (Å²) in [6.07, 6.45) is 4.87. The highest BCUT2D eigenvalue weighted by atomic mass is 16.5. The van der Waals surface area contributed by atoms with E-state index in [1.807, 2.05) is 12.1 Å². The Hall–Kier alpha value is -2.23. The molecule has 2 aliphatic carbocycles. The van der Waals surface area contributed by atoms with E-state index in [4.69, 9.17) is 14.2 Å². The van der Waals surface area contributed by atoms with Gasteiger partial charge >= 0.3 is 5.97 Å². The fourth-order valence-electron chi connectivity index (χ4n) is 4.63. The second-order valence-electron chi connectivity index (χ2n) is 7.38. The van der Waals surface area contributed by atoms with Gasteiger partial charge in [0, 0.05) is 24.3 Å². The zero-order chi connectivity index (χ0) is 17.8. The van der Waals surface area contributed by atoms with Crippen LogP contribution in [-0.2, 0) is 9.53 Å². The summed E-state index contributed by atoms with van der Waals surface area (Å²) < 4.78 is 17.2. The van der Waals surface area contributed by atoms with Crippen LogP contribution in [0.25, 0.3) is 5.57 Å². The Morgan fingerprint density at radius 2 is 2.16 bits per heavy atom. The molecular formula is C21H24O4. The molecule has 132 valence electrons. The van der Waals surface area contributed by atoms with Crippen molar-refractivity contribution in [3.05, 3.63) is 41.0 Å². The maximum absolute atomic E-state index is 11.5. The molecule has 0 aromatic heterocycles. The van der Waals surface area contributed by atoms with Crippen molar-refractivity contribution in [1.29, 1.82) is 0 Å². The third-order valence-corrected chi connectivity index (χ3v) is 5.90. The van der Waals surface area contributed by atoms with Crippen molar-refractivity contribution in [1.82, 2.24) is 0 Å². The molecule has 4 rings (SSSR count). The molecule has 4 heteroatoms. The standard InChI is InChI=1S/C21H24O4/c1-12-20-15(16-11-14(23-4)5-7-18(16)24-12)9-10-21(3)17(20)6-8-19(21)25-13(2)22/h5-7,11-12,19H,8-10H2,1-4H3. The number of fused-ring (bicyclic) bond motifs is 4. The first-order chi connectivity index (χ1) is 11.9. The van der Waals surface area contributed by atoms with Gasteiger partial charge in [-0.25, -0.2) is 0 Å². The van der Waals surface area contributed by atoms with Crippen LogP contribution in [0, 0.1) is 5.41 Å². The highest BCUT2D eigenvalue weighted by molar-refractivity contribution is 5.82. The topological polar surface area (TPSA) is 44.8 Å². The van der Waals surface area contributed by atoms with E-state index in [1.54, 1.807) is 7.11 Å². The maximum atomic E-state index is 11.5. The Bertz CT molecular complexity index is 804. The van der Waals surface area contributed by atoms with Crippen molar-refractivity contribution in [3.8, 4) is 11.5 Å². The van der Waals surface area contributed by atoms with Crippen molar-refractivity contribution in [2.45, 2.75) is 52.2 Å². The summed E-state index contributed by atoms with van der Waals surface area (Å²) in [5.74, 6) is 1.56. The van der Waals surface area contributed by atoms with Gasteiger partial charge in [0.2, 0.25) is 0 Å². The van der Waals surface area contributed by atoms with Crippen LogP contribution >= 0.6 is 0 Å². The number of hydrogen-bond donors (Lipinski definition) is 0. The summed E-state index contributed by atoms with van der Waals surface area (Å²) in [5, 5.41) is 0. The predicted molar refractivity (Wildman–Crippen MR) is 95.6 cm³/mol. The molecule has 25 heavy (non-hydrogen) atoms. The molecule has 0 saturated heterocycles. The normalized spacial score (nSPS) is 29.8. The number of ether oxygens (including phenoxy) is 3. The lowest BCUT2D eigenvalue weighted by molar-refractivity contribution is -0.150. The molecule has 4 nitrogen and oxygen atoms in total. The maximum Gasteiger partial charge on any atom is 0.302 e. The summed E-state index contributed by atoms with van der Waals surface area (Å²) in [4.78, 5) is 11.5. The Morgan fingerprint density at radius 3 is 2.88 bits per heavy atom. The predicted octanol–water partition coefficient (Wildman–Crippen LogP) is 4.29. The monoisotopic (exact) mass is 340 g/mol. The molecule has 3 unspecified atom stereocenters. The largest absolute Gasteiger partial charge is 0.497 e. The summed E-state index contributed by atoms with van der Waals surface area (Å²) in [6, 6.07) is 6.00. The van der Waals surface area contributed by atoms with E-state index in [9.17, 15) is 4.79 Å². The SMILES string of the molecule is COc1ccc2c(c1)C1=C(C3=CCC(OC(C)=O)C3(C)CC1)C(C)O2. The van der Waals surface area contributed by atoms with Gasteiger partial charge in [0.25, 0.3) is 0 Å². The number of methoxy groups -OCH3 is 1. The summed E-state index contributed by atoms with van der Waals surface area (Å²) in [5.41, 5.74) is 4.91. The van der Waals surface area contributed by atoms with Crippen LogP contribution in [0.15, 0.2) is 35.4 Å². The Kier molecular flexibility index (Phi) is 3.67. The van der Waals surface area contributed by atoms with Gasteiger partial charge in [-0.05, 0) is 54.7 Å². The molecule has 0 radical (unpaired) electrons. The van der Waals surface area contributed by atoms with Gasteiger partial charge < -0.3 is 14.2 Å². The zero-order valence-corrected chi connectivity index (χ0v) is 15.2. The number of allylic oxidation sites excluding steroid dienone is 1. The quantitative estimate of drug-likeness (QED) is 0.753. The van der Waals surface area contributed by atoms with E-state index in [0.717, 1.165) is 36.3 Å². The molecule has 0 spiro atoms. The van der Waals surface area contributed by atoms with Gasteiger partial charge in [0.1, 0.15) is 23.7 Å². The number of benzene rings is 1. The Labute approximate surface area is 148 Å². The van der Waals surface area contributed by atoms with Gasteiger partial charge in [-0.1, -0.05) is 13.0 Å². The third kappa shape index (κ3) is 2.38. The van der Waals surface area contributed by atoms with Crippen LogP contribution < -0.4 is 9.47 Å².